The van der Waals surface area contributed by atoms with Gasteiger partial charge in [0, 0.05) is 12.7 Å². The molecule has 0 bridgehead atoms. The summed E-state index contributed by atoms with van der Waals surface area (Å²) in [5.74, 6) is -0.126. The number of nitrogens with zero attached hydrogens (tertiary/aromatic N) is 2. The molecule has 1 aromatic heterocycles. The van der Waals surface area contributed by atoms with E-state index in [1.54, 1.807) is 6.20 Å². The van der Waals surface area contributed by atoms with Gasteiger partial charge in [0.05, 0.1) is 11.6 Å². The lowest BCUT2D eigenvalue weighted by atomic mass is 9.80. The van der Waals surface area contributed by atoms with E-state index < -0.39 is 11.4 Å². The van der Waals surface area contributed by atoms with E-state index in [-0.39, 0.29) is 0 Å². The van der Waals surface area contributed by atoms with Crippen molar-refractivity contribution in [3.8, 4) is 0 Å². The maximum absolute atomic E-state index is 11.5. The first kappa shape index (κ1) is 12.1. The standard InChI is InChI=1S/C13H20N2O2/c1-3-15-9-11(8-14-15)7-13(12(16)17)5-4-10(2)6-13/h8-10H,3-7H2,1-2H3,(H,16,17). The lowest BCUT2D eigenvalue weighted by Gasteiger charge is -2.23. The van der Waals surface area contributed by atoms with Crippen molar-refractivity contribution < 1.29 is 9.90 Å². The Morgan fingerprint density at radius 2 is 2.47 bits per heavy atom. The molecule has 2 rings (SSSR count). The monoisotopic (exact) mass is 236 g/mol. The van der Waals surface area contributed by atoms with E-state index in [1.165, 1.54) is 0 Å². The smallest absolute Gasteiger partial charge is 0.309 e. The summed E-state index contributed by atoms with van der Waals surface area (Å²) in [6, 6.07) is 0. The Balaban J connectivity index is 2.16. The first-order valence-corrected chi connectivity index (χ1v) is 6.30. The van der Waals surface area contributed by atoms with Gasteiger partial charge in [0.1, 0.15) is 0 Å². The molecule has 0 aliphatic heterocycles. The Morgan fingerprint density at radius 1 is 1.71 bits per heavy atom. The molecule has 0 saturated heterocycles. The molecule has 0 radical (unpaired) electrons. The van der Waals surface area contributed by atoms with Crippen molar-refractivity contribution in [2.24, 2.45) is 11.3 Å². The summed E-state index contributed by atoms with van der Waals surface area (Å²) in [6.07, 6.45) is 6.99. The van der Waals surface area contributed by atoms with E-state index >= 15 is 0 Å². The highest BCUT2D eigenvalue weighted by molar-refractivity contribution is 5.75. The fraction of sp³-hybridized carbons (Fsp3) is 0.692. The maximum atomic E-state index is 11.5. The normalized spacial score (nSPS) is 28.5. The first-order chi connectivity index (χ1) is 8.05. The molecule has 0 spiro atoms. The van der Waals surface area contributed by atoms with Gasteiger partial charge in [-0.1, -0.05) is 6.92 Å². The van der Waals surface area contributed by atoms with Crippen LogP contribution in [0.1, 0.15) is 38.7 Å². The molecular weight excluding hydrogens is 216 g/mol. The predicted molar refractivity (Wildman–Crippen MR) is 64.7 cm³/mol. The minimum absolute atomic E-state index is 0.521. The number of aromatic nitrogens is 2. The first-order valence-electron chi connectivity index (χ1n) is 6.30. The van der Waals surface area contributed by atoms with Crippen LogP contribution in [0.3, 0.4) is 0 Å². The third-order valence-electron chi connectivity index (χ3n) is 3.86. The molecule has 4 heteroatoms. The van der Waals surface area contributed by atoms with Crippen molar-refractivity contribution in [2.45, 2.75) is 46.1 Å². The zero-order valence-corrected chi connectivity index (χ0v) is 10.5. The molecule has 1 heterocycles. The minimum Gasteiger partial charge on any atom is -0.481 e. The van der Waals surface area contributed by atoms with Crippen LogP contribution in [-0.2, 0) is 17.8 Å². The Hall–Kier alpha value is -1.32. The van der Waals surface area contributed by atoms with Gasteiger partial charge in [-0.05, 0) is 44.1 Å². The SMILES string of the molecule is CCn1cc(CC2(C(=O)O)CCC(C)C2)cn1. The molecule has 1 aromatic rings. The molecule has 2 unspecified atom stereocenters. The van der Waals surface area contributed by atoms with Crippen LogP contribution in [-0.4, -0.2) is 20.9 Å². The van der Waals surface area contributed by atoms with E-state index in [1.807, 2.05) is 17.8 Å². The predicted octanol–water partition coefficient (Wildman–Crippen LogP) is 2.34. The molecule has 17 heavy (non-hydrogen) atoms. The van der Waals surface area contributed by atoms with Gasteiger partial charge in [-0.3, -0.25) is 9.48 Å². The Labute approximate surface area is 102 Å². The Morgan fingerprint density at radius 3 is 2.94 bits per heavy atom. The van der Waals surface area contributed by atoms with Crippen LogP contribution in [0.25, 0.3) is 0 Å². The van der Waals surface area contributed by atoms with Gasteiger partial charge in [-0.25, -0.2) is 0 Å². The van der Waals surface area contributed by atoms with E-state index in [4.69, 9.17) is 0 Å². The molecule has 0 aromatic carbocycles. The zero-order valence-electron chi connectivity index (χ0n) is 10.5. The third kappa shape index (κ3) is 2.35. The average Bonchev–Trinajstić information content (AvgIpc) is 2.87. The summed E-state index contributed by atoms with van der Waals surface area (Å²) in [5, 5.41) is 13.7. The van der Waals surface area contributed by atoms with Crippen molar-refractivity contribution >= 4 is 5.97 Å². The van der Waals surface area contributed by atoms with Gasteiger partial charge >= 0.3 is 5.97 Å². The minimum atomic E-state index is -0.647. The van der Waals surface area contributed by atoms with E-state index in [2.05, 4.69) is 12.0 Å². The largest absolute Gasteiger partial charge is 0.481 e. The Bertz CT molecular complexity index is 413. The molecule has 4 nitrogen and oxygen atoms in total. The number of aryl methyl sites for hydroxylation is 1. The molecule has 2 atom stereocenters. The fourth-order valence-electron chi connectivity index (χ4n) is 2.89. The van der Waals surface area contributed by atoms with Crippen LogP contribution in [0.5, 0.6) is 0 Å². The van der Waals surface area contributed by atoms with Crippen LogP contribution in [0.4, 0.5) is 0 Å². The summed E-state index contributed by atoms with van der Waals surface area (Å²) >= 11 is 0. The molecule has 1 aliphatic rings. The van der Waals surface area contributed by atoms with Gasteiger partial charge < -0.3 is 5.11 Å². The molecule has 94 valence electrons. The highest BCUT2D eigenvalue weighted by Gasteiger charge is 2.44. The van der Waals surface area contributed by atoms with E-state index in [0.29, 0.717) is 12.3 Å². The van der Waals surface area contributed by atoms with Crippen molar-refractivity contribution in [2.75, 3.05) is 0 Å². The number of carboxylic acids is 1. The van der Waals surface area contributed by atoms with E-state index in [9.17, 15) is 9.90 Å². The maximum Gasteiger partial charge on any atom is 0.309 e. The van der Waals surface area contributed by atoms with Crippen LogP contribution >= 0.6 is 0 Å². The second kappa shape index (κ2) is 4.51. The summed E-state index contributed by atoms with van der Waals surface area (Å²) in [4.78, 5) is 11.5. The van der Waals surface area contributed by atoms with Crippen LogP contribution < -0.4 is 0 Å². The Kier molecular flexibility index (Phi) is 3.22. The molecule has 0 amide bonds. The summed E-state index contributed by atoms with van der Waals surface area (Å²) < 4.78 is 1.85. The number of carbonyl (C=O) groups is 1. The second-order valence-corrected chi connectivity index (χ2v) is 5.31. The van der Waals surface area contributed by atoms with Crippen molar-refractivity contribution in [3.63, 3.8) is 0 Å². The highest BCUT2D eigenvalue weighted by atomic mass is 16.4. The number of aliphatic carboxylic acids is 1. The quantitative estimate of drug-likeness (QED) is 0.873. The molecule has 1 fully saturated rings. The molecule has 1 aliphatic carbocycles. The molecular formula is C13H20N2O2. The lowest BCUT2D eigenvalue weighted by Crippen LogP contribution is -2.30. The van der Waals surface area contributed by atoms with Crippen molar-refractivity contribution in [1.82, 2.24) is 9.78 Å². The van der Waals surface area contributed by atoms with E-state index in [0.717, 1.165) is 31.4 Å². The van der Waals surface area contributed by atoms with Gasteiger partial charge in [0.15, 0.2) is 0 Å². The van der Waals surface area contributed by atoms with Gasteiger partial charge in [-0.2, -0.15) is 5.10 Å². The van der Waals surface area contributed by atoms with Gasteiger partial charge in [-0.15, -0.1) is 0 Å². The zero-order chi connectivity index (χ0) is 12.5. The molecule has 1 N–H and O–H groups in total. The lowest BCUT2D eigenvalue weighted by molar-refractivity contribution is -0.148. The van der Waals surface area contributed by atoms with Crippen LogP contribution in [0.2, 0.25) is 0 Å². The molecule has 1 saturated carbocycles. The summed E-state index contributed by atoms with van der Waals surface area (Å²) in [5.41, 5.74) is 0.490. The van der Waals surface area contributed by atoms with Gasteiger partial charge in [0.25, 0.3) is 0 Å². The van der Waals surface area contributed by atoms with Crippen LogP contribution in [0, 0.1) is 11.3 Å². The number of rotatable bonds is 4. The van der Waals surface area contributed by atoms with Crippen molar-refractivity contribution in [3.05, 3.63) is 18.0 Å². The highest BCUT2D eigenvalue weighted by Crippen LogP contribution is 2.44. The number of hydrogen-bond acceptors (Lipinski definition) is 2. The number of carboxylic acid groups (broad SMARTS) is 1. The second-order valence-electron chi connectivity index (χ2n) is 5.31. The third-order valence-corrected chi connectivity index (χ3v) is 3.86. The summed E-state index contributed by atoms with van der Waals surface area (Å²) in [7, 11) is 0. The van der Waals surface area contributed by atoms with Crippen LogP contribution in [0.15, 0.2) is 12.4 Å². The topological polar surface area (TPSA) is 55.1 Å². The van der Waals surface area contributed by atoms with Gasteiger partial charge in [0.2, 0.25) is 0 Å². The average molecular weight is 236 g/mol. The summed E-state index contributed by atoms with van der Waals surface area (Å²) in [6.45, 7) is 5.00. The van der Waals surface area contributed by atoms with Crippen molar-refractivity contribution in [1.29, 1.82) is 0 Å². The fourth-order valence-corrected chi connectivity index (χ4v) is 2.89. The number of hydrogen-bond donors (Lipinski definition) is 1.